The summed E-state index contributed by atoms with van der Waals surface area (Å²) in [5, 5.41) is 22.2. The maximum Gasteiger partial charge on any atom is 0.259 e. The first-order chi connectivity index (χ1) is 7.40. The normalized spacial score (nSPS) is 38.3. The zero-order valence-corrected chi connectivity index (χ0v) is 8.96. The third-order valence-corrected chi connectivity index (χ3v) is 3.42. The maximum absolute atomic E-state index is 11.1. The first kappa shape index (κ1) is 11.0. The van der Waals surface area contributed by atoms with Gasteiger partial charge in [-0.15, -0.1) is 0 Å². The lowest BCUT2D eigenvalue weighted by atomic mass is 9.72. The molecular formula is C9H13N3O4. The quantitative estimate of drug-likeness (QED) is 0.385. The summed E-state index contributed by atoms with van der Waals surface area (Å²) in [7, 11) is 1.69. The Bertz CT molecular complexity index is 383. The van der Waals surface area contributed by atoms with Crippen molar-refractivity contribution in [1.82, 2.24) is 4.90 Å². The molecule has 0 aromatic heterocycles. The highest BCUT2D eigenvalue weighted by Gasteiger charge is 2.61. The zero-order valence-electron chi connectivity index (χ0n) is 8.96. The first-order valence-corrected chi connectivity index (χ1v) is 5.06. The maximum atomic E-state index is 11.1. The van der Waals surface area contributed by atoms with Gasteiger partial charge < -0.3 is 0 Å². The molecule has 2 bridgehead atoms. The molecule has 1 aliphatic carbocycles. The van der Waals surface area contributed by atoms with E-state index in [0.29, 0.717) is 0 Å². The lowest BCUT2D eigenvalue weighted by Gasteiger charge is -2.42. The summed E-state index contributed by atoms with van der Waals surface area (Å²) in [6.07, 6.45) is 3.38. The molecule has 2 atom stereocenters. The van der Waals surface area contributed by atoms with Gasteiger partial charge in [-0.1, -0.05) is 6.08 Å². The standard InChI is InChI=1S/C9H13N3O4/c1-10-6-8(11(13)14)3-2-4-9(5-8,7-10)12(15)16/h2-3H,4-7H2,1H3. The van der Waals surface area contributed by atoms with E-state index >= 15 is 0 Å². The van der Waals surface area contributed by atoms with Crippen molar-refractivity contribution in [3.8, 4) is 0 Å². The van der Waals surface area contributed by atoms with Gasteiger partial charge in [0.1, 0.15) is 0 Å². The van der Waals surface area contributed by atoms with Crippen molar-refractivity contribution in [2.75, 3.05) is 20.1 Å². The number of hydrogen-bond donors (Lipinski definition) is 0. The highest BCUT2D eigenvalue weighted by Crippen LogP contribution is 2.39. The molecule has 0 amide bonds. The Morgan fingerprint density at radius 1 is 1.25 bits per heavy atom. The van der Waals surface area contributed by atoms with Gasteiger partial charge in [0.15, 0.2) is 0 Å². The van der Waals surface area contributed by atoms with E-state index in [9.17, 15) is 20.2 Å². The topological polar surface area (TPSA) is 89.5 Å². The molecule has 1 saturated heterocycles. The van der Waals surface area contributed by atoms with Gasteiger partial charge in [0.05, 0.1) is 19.5 Å². The van der Waals surface area contributed by atoms with E-state index < -0.39 is 16.0 Å². The van der Waals surface area contributed by atoms with Crippen LogP contribution in [0, 0.1) is 20.2 Å². The van der Waals surface area contributed by atoms with Crippen molar-refractivity contribution in [1.29, 1.82) is 0 Å². The van der Waals surface area contributed by atoms with Gasteiger partial charge in [0.2, 0.25) is 5.54 Å². The zero-order chi connectivity index (χ0) is 12.0. The van der Waals surface area contributed by atoms with Crippen LogP contribution in [0.1, 0.15) is 12.8 Å². The van der Waals surface area contributed by atoms with Gasteiger partial charge in [-0.2, -0.15) is 0 Å². The lowest BCUT2D eigenvalue weighted by molar-refractivity contribution is -0.619. The summed E-state index contributed by atoms with van der Waals surface area (Å²) < 4.78 is 0. The minimum Gasteiger partial charge on any atom is -0.292 e. The monoisotopic (exact) mass is 227 g/mol. The molecule has 1 fully saturated rings. The van der Waals surface area contributed by atoms with Crippen LogP contribution in [0.25, 0.3) is 0 Å². The Labute approximate surface area is 92.0 Å². The number of likely N-dealkylation sites (N-methyl/N-ethyl adjacent to an activating group) is 1. The lowest BCUT2D eigenvalue weighted by Crippen LogP contribution is -2.65. The fraction of sp³-hybridized carbons (Fsp3) is 0.778. The molecule has 7 heteroatoms. The van der Waals surface area contributed by atoms with Gasteiger partial charge in [0.25, 0.3) is 5.54 Å². The van der Waals surface area contributed by atoms with Gasteiger partial charge in [0, 0.05) is 16.3 Å². The first-order valence-electron chi connectivity index (χ1n) is 5.06. The van der Waals surface area contributed by atoms with Crippen LogP contribution in [0.4, 0.5) is 0 Å². The van der Waals surface area contributed by atoms with Crippen LogP contribution in [-0.4, -0.2) is 46.0 Å². The van der Waals surface area contributed by atoms with E-state index in [0.717, 1.165) is 0 Å². The molecule has 0 spiro atoms. The number of hydrogen-bond acceptors (Lipinski definition) is 5. The number of rotatable bonds is 2. The van der Waals surface area contributed by atoms with Gasteiger partial charge in [-0.3, -0.25) is 25.1 Å². The smallest absolute Gasteiger partial charge is 0.259 e. The van der Waals surface area contributed by atoms with Gasteiger partial charge >= 0.3 is 0 Å². The van der Waals surface area contributed by atoms with E-state index in [4.69, 9.17) is 0 Å². The number of likely N-dealkylation sites (tertiary alicyclic amines) is 1. The number of piperidine rings is 1. The van der Waals surface area contributed by atoms with Crippen LogP contribution in [0.2, 0.25) is 0 Å². The SMILES string of the molecule is CN1CC2([N+](=O)[O-])C=CCC([N+](=O)[O-])(C1)C2. The van der Waals surface area contributed by atoms with Crippen molar-refractivity contribution in [2.24, 2.45) is 0 Å². The molecule has 0 saturated carbocycles. The number of nitrogens with zero attached hydrogens (tertiary/aromatic N) is 3. The van der Waals surface area contributed by atoms with Crippen LogP contribution < -0.4 is 0 Å². The molecule has 2 rings (SSSR count). The molecule has 1 aliphatic heterocycles. The Balaban J connectivity index is 2.44. The fourth-order valence-electron chi connectivity index (χ4n) is 2.83. The molecule has 1 heterocycles. The number of nitro groups is 2. The van der Waals surface area contributed by atoms with Crippen molar-refractivity contribution < 1.29 is 9.85 Å². The summed E-state index contributed by atoms with van der Waals surface area (Å²) >= 11 is 0. The molecule has 0 radical (unpaired) electrons. The molecule has 2 aliphatic rings. The van der Waals surface area contributed by atoms with E-state index in [1.54, 1.807) is 18.0 Å². The van der Waals surface area contributed by atoms with Crippen molar-refractivity contribution >= 4 is 0 Å². The van der Waals surface area contributed by atoms with Gasteiger partial charge in [-0.05, 0) is 13.1 Å². The predicted octanol–water partition coefficient (Wildman–Crippen LogP) is 0.313. The second-order valence-electron chi connectivity index (χ2n) is 4.80. The second kappa shape index (κ2) is 3.24. The Hall–Kier alpha value is -1.50. The third kappa shape index (κ3) is 1.39. The van der Waals surface area contributed by atoms with E-state index in [-0.39, 0.29) is 30.9 Å². The molecule has 16 heavy (non-hydrogen) atoms. The Morgan fingerprint density at radius 2 is 1.94 bits per heavy atom. The Kier molecular flexibility index (Phi) is 2.23. The van der Waals surface area contributed by atoms with Crippen LogP contribution in [0.15, 0.2) is 12.2 Å². The molecular weight excluding hydrogens is 214 g/mol. The molecule has 2 unspecified atom stereocenters. The van der Waals surface area contributed by atoms with E-state index in [1.807, 2.05) is 0 Å². The van der Waals surface area contributed by atoms with Gasteiger partial charge in [-0.25, -0.2) is 0 Å². The van der Waals surface area contributed by atoms with E-state index in [1.165, 1.54) is 6.08 Å². The van der Waals surface area contributed by atoms with Crippen molar-refractivity contribution in [3.05, 3.63) is 32.4 Å². The second-order valence-corrected chi connectivity index (χ2v) is 4.80. The van der Waals surface area contributed by atoms with Crippen molar-refractivity contribution in [3.63, 3.8) is 0 Å². The minimum absolute atomic E-state index is 0.000833. The average Bonchev–Trinajstić information content (AvgIpc) is 2.16. The van der Waals surface area contributed by atoms with Crippen molar-refractivity contribution in [2.45, 2.75) is 23.9 Å². The molecule has 88 valence electrons. The molecule has 0 N–H and O–H groups in total. The molecule has 0 aromatic rings. The van der Waals surface area contributed by atoms with Crippen LogP contribution in [0.5, 0.6) is 0 Å². The predicted molar refractivity (Wildman–Crippen MR) is 55.3 cm³/mol. The Morgan fingerprint density at radius 3 is 2.50 bits per heavy atom. The largest absolute Gasteiger partial charge is 0.292 e. The van der Waals surface area contributed by atoms with Crippen LogP contribution >= 0.6 is 0 Å². The highest BCUT2D eigenvalue weighted by molar-refractivity contribution is 5.17. The fourth-order valence-corrected chi connectivity index (χ4v) is 2.83. The molecule has 0 aromatic carbocycles. The van der Waals surface area contributed by atoms with E-state index in [2.05, 4.69) is 0 Å². The summed E-state index contributed by atoms with van der Waals surface area (Å²) in [6.45, 7) is 0.520. The minimum atomic E-state index is -1.28. The summed E-state index contributed by atoms with van der Waals surface area (Å²) in [5.41, 5.74) is -2.47. The number of fused-ring (bicyclic) bond motifs is 2. The highest BCUT2D eigenvalue weighted by atomic mass is 16.6. The summed E-state index contributed by atoms with van der Waals surface area (Å²) in [6, 6.07) is 0. The summed E-state index contributed by atoms with van der Waals surface area (Å²) in [4.78, 5) is 23.2. The third-order valence-electron chi connectivity index (χ3n) is 3.42. The molecule has 7 nitrogen and oxygen atoms in total. The van der Waals surface area contributed by atoms with Crippen LogP contribution in [0.3, 0.4) is 0 Å². The summed E-state index contributed by atoms with van der Waals surface area (Å²) in [5.74, 6) is 0. The van der Waals surface area contributed by atoms with Crippen LogP contribution in [-0.2, 0) is 0 Å². The average molecular weight is 227 g/mol.